The molecule has 1 aliphatic rings. The number of piperidine rings is 1. The summed E-state index contributed by atoms with van der Waals surface area (Å²) in [4.78, 5) is 26.1. The maximum Gasteiger partial charge on any atom is 0.307 e. The smallest absolute Gasteiger partial charge is 0.307 e. The van der Waals surface area contributed by atoms with Gasteiger partial charge in [0, 0.05) is 17.1 Å². The summed E-state index contributed by atoms with van der Waals surface area (Å²) in [5.41, 5.74) is 0.777. The molecule has 2 N–H and O–H groups in total. The molecule has 1 aromatic carbocycles. The van der Waals surface area contributed by atoms with Crippen LogP contribution in [0.5, 0.6) is 0 Å². The molecule has 1 fully saturated rings. The monoisotopic (exact) mass is 308 g/mol. The van der Waals surface area contributed by atoms with Gasteiger partial charge in [-0.15, -0.1) is 11.8 Å². The number of carbonyl (C=O) groups excluding carboxylic acids is 1. The fourth-order valence-corrected chi connectivity index (χ4v) is 2.96. The first-order chi connectivity index (χ1) is 10.1. The number of carbonyl (C=O) groups is 2. The van der Waals surface area contributed by atoms with Crippen molar-refractivity contribution in [1.82, 2.24) is 4.90 Å². The van der Waals surface area contributed by atoms with Gasteiger partial charge in [0.25, 0.3) is 0 Å². The Balaban J connectivity index is 1.87. The average Bonchev–Trinajstić information content (AvgIpc) is 2.47. The molecule has 0 aromatic heterocycles. The summed E-state index contributed by atoms with van der Waals surface area (Å²) in [5, 5.41) is 11.9. The van der Waals surface area contributed by atoms with E-state index in [0.29, 0.717) is 13.0 Å². The number of hydrogen-bond donors (Lipinski definition) is 2. The summed E-state index contributed by atoms with van der Waals surface area (Å²) >= 11 is 1.62. The van der Waals surface area contributed by atoms with Gasteiger partial charge in [-0.25, -0.2) is 0 Å². The van der Waals surface area contributed by atoms with Gasteiger partial charge in [-0.1, -0.05) is 6.07 Å². The van der Waals surface area contributed by atoms with E-state index in [2.05, 4.69) is 5.32 Å². The topological polar surface area (TPSA) is 69.6 Å². The third-order valence-electron chi connectivity index (χ3n) is 3.58. The van der Waals surface area contributed by atoms with Crippen LogP contribution >= 0.6 is 11.8 Å². The Labute approximate surface area is 128 Å². The zero-order valence-corrected chi connectivity index (χ0v) is 12.9. The highest BCUT2D eigenvalue weighted by Crippen LogP contribution is 2.19. The van der Waals surface area contributed by atoms with Crippen LogP contribution in [0.3, 0.4) is 0 Å². The number of thioether (sulfide) groups is 1. The minimum Gasteiger partial charge on any atom is -0.481 e. The molecule has 1 atom stereocenters. The number of nitrogens with one attached hydrogen (secondary N) is 1. The Kier molecular flexibility index (Phi) is 5.64. The predicted octanol–water partition coefficient (Wildman–Crippen LogP) is 2.14. The maximum atomic E-state index is 12.0. The van der Waals surface area contributed by atoms with Crippen molar-refractivity contribution in [3.8, 4) is 0 Å². The van der Waals surface area contributed by atoms with E-state index in [1.165, 1.54) is 0 Å². The van der Waals surface area contributed by atoms with E-state index in [1.54, 1.807) is 11.8 Å². The Morgan fingerprint density at radius 2 is 2.29 bits per heavy atom. The highest BCUT2D eigenvalue weighted by atomic mass is 32.2. The molecule has 1 aromatic rings. The third kappa shape index (κ3) is 4.75. The van der Waals surface area contributed by atoms with Gasteiger partial charge in [-0.3, -0.25) is 14.5 Å². The number of anilines is 1. The van der Waals surface area contributed by atoms with Gasteiger partial charge >= 0.3 is 5.97 Å². The first-order valence-electron chi connectivity index (χ1n) is 6.97. The molecule has 1 aliphatic heterocycles. The molecule has 1 amide bonds. The number of nitrogens with zero attached hydrogens (tertiary/aromatic N) is 1. The molecule has 0 bridgehead atoms. The van der Waals surface area contributed by atoms with E-state index in [9.17, 15) is 9.59 Å². The van der Waals surface area contributed by atoms with E-state index in [1.807, 2.05) is 35.4 Å². The Bertz CT molecular complexity index is 521. The van der Waals surface area contributed by atoms with Crippen LogP contribution in [0.25, 0.3) is 0 Å². The lowest BCUT2D eigenvalue weighted by Crippen LogP contribution is -2.42. The van der Waals surface area contributed by atoms with Crippen molar-refractivity contribution in [2.45, 2.75) is 17.7 Å². The Morgan fingerprint density at radius 3 is 3.00 bits per heavy atom. The van der Waals surface area contributed by atoms with Crippen molar-refractivity contribution in [1.29, 1.82) is 0 Å². The third-order valence-corrected chi connectivity index (χ3v) is 4.30. The molecule has 1 heterocycles. The van der Waals surface area contributed by atoms with Crippen molar-refractivity contribution in [2.75, 3.05) is 31.2 Å². The molecule has 0 radical (unpaired) electrons. The largest absolute Gasteiger partial charge is 0.481 e. The number of aliphatic carboxylic acids is 1. The fraction of sp³-hybridized carbons (Fsp3) is 0.467. The van der Waals surface area contributed by atoms with Crippen molar-refractivity contribution in [3.05, 3.63) is 24.3 Å². The van der Waals surface area contributed by atoms with Crippen LogP contribution in [0.1, 0.15) is 12.8 Å². The number of likely N-dealkylation sites (tertiary alicyclic amines) is 1. The second-order valence-electron chi connectivity index (χ2n) is 5.19. The fourth-order valence-electron chi connectivity index (χ4n) is 2.51. The molecule has 0 spiro atoms. The van der Waals surface area contributed by atoms with Crippen LogP contribution in [0.15, 0.2) is 29.2 Å². The van der Waals surface area contributed by atoms with Gasteiger partial charge in [0.15, 0.2) is 0 Å². The zero-order chi connectivity index (χ0) is 15.2. The van der Waals surface area contributed by atoms with Crippen molar-refractivity contribution < 1.29 is 14.7 Å². The van der Waals surface area contributed by atoms with Gasteiger partial charge < -0.3 is 10.4 Å². The molecule has 2 rings (SSSR count). The maximum absolute atomic E-state index is 12.0. The summed E-state index contributed by atoms with van der Waals surface area (Å²) in [6.45, 7) is 1.48. The van der Waals surface area contributed by atoms with Gasteiger partial charge in [0.2, 0.25) is 5.91 Å². The number of hydrogen-bond acceptors (Lipinski definition) is 4. The first-order valence-corrected chi connectivity index (χ1v) is 8.20. The molecule has 1 saturated heterocycles. The predicted molar refractivity (Wildman–Crippen MR) is 83.7 cm³/mol. The second kappa shape index (κ2) is 7.47. The van der Waals surface area contributed by atoms with E-state index in [-0.39, 0.29) is 18.4 Å². The van der Waals surface area contributed by atoms with E-state index < -0.39 is 5.97 Å². The molecule has 6 heteroatoms. The minimum atomic E-state index is -0.771. The van der Waals surface area contributed by atoms with Crippen LogP contribution in [0.2, 0.25) is 0 Å². The van der Waals surface area contributed by atoms with Gasteiger partial charge in [0.1, 0.15) is 0 Å². The van der Waals surface area contributed by atoms with Crippen molar-refractivity contribution >= 4 is 29.3 Å². The number of rotatable bonds is 5. The van der Waals surface area contributed by atoms with Gasteiger partial charge in [-0.05, 0) is 43.8 Å². The summed E-state index contributed by atoms with van der Waals surface area (Å²) in [6.07, 6.45) is 3.51. The minimum absolute atomic E-state index is 0.0979. The highest BCUT2D eigenvalue weighted by molar-refractivity contribution is 7.98. The summed E-state index contributed by atoms with van der Waals surface area (Å²) in [6, 6.07) is 7.68. The second-order valence-corrected chi connectivity index (χ2v) is 6.07. The number of carboxylic acid groups (broad SMARTS) is 1. The lowest BCUT2D eigenvalue weighted by Gasteiger charge is -2.29. The summed E-state index contributed by atoms with van der Waals surface area (Å²) in [7, 11) is 0. The lowest BCUT2D eigenvalue weighted by molar-refractivity contribution is -0.144. The molecule has 0 aliphatic carbocycles. The average molecular weight is 308 g/mol. The molecule has 114 valence electrons. The van der Waals surface area contributed by atoms with Gasteiger partial charge in [0.05, 0.1) is 12.5 Å². The lowest BCUT2D eigenvalue weighted by atomic mass is 9.98. The SMILES string of the molecule is CSc1cccc(NC(=O)CN2CCCC(C(=O)O)C2)c1. The van der Waals surface area contributed by atoms with Crippen LogP contribution in [-0.2, 0) is 9.59 Å². The molecule has 1 unspecified atom stereocenters. The Morgan fingerprint density at radius 1 is 1.48 bits per heavy atom. The molecular weight excluding hydrogens is 288 g/mol. The number of amides is 1. The van der Waals surface area contributed by atoms with Crippen LogP contribution in [0, 0.1) is 5.92 Å². The molecule has 0 saturated carbocycles. The normalized spacial score (nSPS) is 19.2. The van der Waals surface area contributed by atoms with Gasteiger partial charge in [-0.2, -0.15) is 0 Å². The Hall–Kier alpha value is -1.53. The van der Waals surface area contributed by atoms with Crippen molar-refractivity contribution in [3.63, 3.8) is 0 Å². The zero-order valence-electron chi connectivity index (χ0n) is 12.0. The van der Waals surface area contributed by atoms with Crippen LogP contribution < -0.4 is 5.32 Å². The highest BCUT2D eigenvalue weighted by Gasteiger charge is 2.26. The van der Waals surface area contributed by atoms with E-state index >= 15 is 0 Å². The molecule has 5 nitrogen and oxygen atoms in total. The quantitative estimate of drug-likeness (QED) is 0.816. The number of benzene rings is 1. The van der Waals surface area contributed by atoms with Crippen molar-refractivity contribution in [2.24, 2.45) is 5.92 Å². The first kappa shape index (κ1) is 15.9. The summed E-state index contributed by atoms with van der Waals surface area (Å²) in [5.74, 6) is -1.22. The van der Waals surface area contributed by atoms with E-state index in [0.717, 1.165) is 23.5 Å². The molecular formula is C15H20N2O3S. The number of carboxylic acids is 1. The summed E-state index contributed by atoms with van der Waals surface area (Å²) < 4.78 is 0. The molecule has 21 heavy (non-hydrogen) atoms. The van der Waals surface area contributed by atoms with E-state index in [4.69, 9.17) is 5.11 Å². The van der Waals surface area contributed by atoms with Crippen LogP contribution in [0.4, 0.5) is 5.69 Å². The standard InChI is InChI=1S/C15H20N2O3S/c1-21-13-6-2-5-12(8-13)16-14(18)10-17-7-3-4-11(9-17)15(19)20/h2,5-6,8,11H,3-4,7,9-10H2,1H3,(H,16,18)(H,19,20). The van der Waals surface area contributed by atoms with Crippen LogP contribution in [-0.4, -0.2) is 47.8 Å².